The Morgan fingerprint density at radius 2 is 2.09 bits per heavy atom. The average molecular weight is 317 g/mol. The van der Waals surface area contributed by atoms with E-state index in [2.05, 4.69) is 15.4 Å². The Kier molecular flexibility index (Phi) is 4.10. The van der Waals surface area contributed by atoms with Crippen LogP contribution in [-0.2, 0) is 7.05 Å². The van der Waals surface area contributed by atoms with Crippen LogP contribution in [0.4, 0.5) is 0 Å². The smallest absolute Gasteiger partial charge is 0.253 e. The minimum atomic E-state index is -1.20. The van der Waals surface area contributed by atoms with Crippen LogP contribution in [0.15, 0.2) is 24.3 Å². The van der Waals surface area contributed by atoms with Gasteiger partial charge in [-0.15, -0.1) is 10.2 Å². The SMILES string of the molecule is Cn1nnc(-c2ccc(C(=O)N3CCCC(O)(CO)C3)cc2)n1. The zero-order chi connectivity index (χ0) is 16.4. The molecule has 2 N–H and O–H groups in total. The van der Waals surface area contributed by atoms with Gasteiger partial charge in [-0.05, 0) is 30.2 Å². The average Bonchev–Trinajstić information content (AvgIpc) is 3.01. The summed E-state index contributed by atoms with van der Waals surface area (Å²) < 4.78 is 0. The molecule has 23 heavy (non-hydrogen) atoms. The second-order valence-electron chi connectivity index (χ2n) is 5.89. The van der Waals surface area contributed by atoms with Crippen LogP contribution in [0.5, 0.6) is 0 Å². The third-order valence-corrected chi connectivity index (χ3v) is 4.04. The number of carbonyl (C=O) groups is 1. The summed E-state index contributed by atoms with van der Waals surface area (Å²) in [7, 11) is 1.69. The standard InChI is InChI=1S/C15H19N5O3/c1-19-17-13(16-18-19)11-3-5-12(6-4-11)14(22)20-8-2-7-15(23,9-20)10-21/h3-6,21,23H,2,7-10H2,1H3. The molecule has 122 valence electrons. The van der Waals surface area contributed by atoms with Gasteiger partial charge in [-0.2, -0.15) is 4.80 Å². The van der Waals surface area contributed by atoms with Gasteiger partial charge < -0.3 is 15.1 Å². The number of aliphatic hydroxyl groups excluding tert-OH is 1. The number of nitrogens with zero attached hydrogens (tertiary/aromatic N) is 5. The molecule has 0 radical (unpaired) electrons. The number of likely N-dealkylation sites (tertiary alicyclic amines) is 1. The van der Waals surface area contributed by atoms with E-state index in [1.54, 1.807) is 36.2 Å². The number of β-amino-alcohol motifs (C(OH)–C–C–N with tert-alkyl or cyclic N) is 1. The van der Waals surface area contributed by atoms with Gasteiger partial charge in [0.15, 0.2) is 0 Å². The van der Waals surface area contributed by atoms with Crippen LogP contribution in [0.2, 0.25) is 0 Å². The minimum Gasteiger partial charge on any atom is -0.393 e. The molecule has 1 aromatic carbocycles. The number of amides is 1. The Hall–Kier alpha value is -2.32. The first-order valence-corrected chi connectivity index (χ1v) is 7.48. The topological polar surface area (TPSA) is 104 Å². The Bertz CT molecular complexity index is 699. The van der Waals surface area contributed by atoms with Crippen molar-refractivity contribution in [1.29, 1.82) is 0 Å². The Labute approximate surface area is 133 Å². The second kappa shape index (κ2) is 6.05. The zero-order valence-corrected chi connectivity index (χ0v) is 12.9. The highest BCUT2D eigenvalue weighted by Gasteiger charge is 2.34. The van der Waals surface area contributed by atoms with Crippen molar-refractivity contribution in [3.8, 4) is 11.4 Å². The molecule has 3 rings (SSSR count). The number of aliphatic hydroxyl groups is 2. The highest BCUT2D eigenvalue weighted by atomic mass is 16.3. The van der Waals surface area contributed by atoms with E-state index in [0.717, 1.165) is 5.56 Å². The van der Waals surface area contributed by atoms with Crippen molar-refractivity contribution < 1.29 is 15.0 Å². The number of hydrogen-bond donors (Lipinski definition) is 2. The van der Waals surface area contributed by atoms with Gasteiger partial charge in [0.2, 0.25) is 5.82 Å². The molecule has 1 atom stereocenters. The van der Waals surface area contributed by atoms with Gasteiger partial charge in [-0.3, -0.25) is 4.79 Å². The molecule has 0 bridgehead atoms. The number of hydrogen-bond acceptors (Lipinski definition) is 6. The van der Waals surface area contributed by atoms with Crippen LogP contribution in [0.1, 0.15) is 23.2 Å². The molecule has 1 aliphatic rings. The number of rotatable bonds is 3. The van der Waals surface area contributed by atoms with Crippen LogP contribution >= 0.6 is 0 Å². The van der Waals surface area contributed by atoms with E-state index in [4.69, 9.17) is 0 Å². The lowest BCUT2D eigenvalue weighted by atomic mass is 9.93. The largest absolute Gasteiger partial charge is 0.393 e. The molecule has 8 heteroatoms. The molecule has 1 aliphatic heterocycles. The Balaban J connectivity index is 1.75. The molecular weight excluding hydrogens is 298 g/mol. The normalized spacial score (nSPS) is 21.4. The van der Waals surface area contributed by atoms with Crippen molar-refractivity contribution in [1.82, 2.24) is 25.1 Å². The van der Waals surface area contributed by atoms with Crippen molar-refractivity contribution >= 4 is 5.91 Å². The predicted molar refractivity (Wildman–Crippen MR) is 81.4 cm³/mol. The molecule has 1 saturated heterocycles. The fraction of sp³-hybridized carbons (Fsp3) is 0.467. The number of piperidine rings is 1. The fourth-order valence-electron chi connectivity index (χ4n) is 2.76. The zero-order valence-electron chi connectivity index (χ0n) is 12.9. The minimum absolute atomic E-state index is 0.149. The molecule has 0 saturated carbocycles. The molecule has 2 heterocycles. The van der Waals surface area contributed by atoms with E-state index in [9.17, 15) is 15.0 Å². The molecule has 8 nitrogen and oxygen atoms in total. The van der Waals surface area contributed by atoms with Gasteiger partial charge in [-0.25, -0.2) is 0 Å². The predicted octanol–water partition coefficient (Wildman–Crippen LogP) is -0.164. The quantitative estimate of drug-likeness (QED) is 0.815. The van der Waals surface area contributed by atoms with Gasteiger partial charge in [0.1, 0.15) is 5.60 Å². The molecule has 2 aromatic rings. The number of aryl methyl sites for hydroxylation is 1. The maximum atomic E-state index is 12.5. The first-order chi connectivity index (χ1) is 11.0. The molecule has 1 amide bonds. The molecule has 0 spiro atoms. The third kappa shape index (κ3) is 3.22. The van der Waals surface area contributed by atoms with Crippen LogP contribution in [-0.4, -0.2) is 66.5 Å². The highest BCUT2D eigenvalue weighted by molar-refractivity contribution is 5.94. The van der Waals surface area contributed by atoms with Crippen LogP contribution in [0.3, 0.4) is 0 Å². The lowest BCUT2D eigenvalue weighted by molar-refractivity contribution is -0.0598. The summed E-state index contributed by atoms with van der Waals surface area (Å²) in [5, 5.41) is 31.3. The van der Waals surface area contributed by atoms with Crippen LogP contribution in [0, 0.1) is 0 Å². The second-order valence-corrected chi connectivity index (χ2v) is 5.89. The molecule has 0 aliphatic carbocycles. The van der Waals surface area contributed by atoms with Crippen LogP contribution < -0.4 is 0 Å². The molecule has 1 aromatic heterocycles. The van der Waals surface area contributed by atoms with Gasteiger partial charge in [0.05, 0.1) is 20.2 Å². The number of aromatic nitrogens is 4. The van der Waals surface area contributed by atoms with Crippen LogP contribution in [0.25, 0.3) is 11.4 Å². The number of benzene rings is 1. The summed E-state index contributed by atoms with van der Waals surface area (Å²) in [4.78, 5) is 15.5. The lowest BCUT2D eigenvalue weighted by Crippen LogP contribution is -2.52. The van der Waals surface area contributed by atoms with Crippen molar-refractivity contribution in [2.24, 2.45) is 7.05 Å². The van der Waals surface area contributed by atoms with Crippen molar-refractivity contribution in [3.63, 3.8) is 0 Å². The van der Waals surface area contributed by atoms with E-state index in [-0.39, 0.29) is 19.1 Å². The summed E-state index contributed by atoms with van der Waals surface area (Å²) >= 11 is 0. The monoisotopic (exact) mass is 317 g/mol. The van der Waals surface area contributed by atoms with Gasteiger partial charge in [0.25, 0.3) is 5.91 Å². The Morgan fingerprint density at radius 1 is 1.35 bits per heavy atom. The maximum Gasteiger partial charge on any atom is 0.253 e. The summed E-state index contributed by atoms with van der Waals surface area (Å²) in [6, 6.07) is 6.96. The molecule has 1 unspecified atom stereocenters. The Morgan fingerprint density at radius 3 is 2.70 bits per heavy atom. The number of carbonyl (C=O) groups excluding carboxylic acids is 1. The summed E-state index contributed by atoms with van der Waals surface area (Å²) in [6.07, 6.45) is 1.18. The lowest BCUT2D eigenvalue weighted by Gasteiger charge is -2.38. The summed E-state index contributed by atoms with van der Waals surface area (Å²) in [5.74, 6) is 0.342. The van der Waals surface area contributed by atoms with Gasteiger partial charge in [-0.1, -0.05) is 12.1 Å². The first kappa shape index (κ1) is 15.6. The van der Waals surface area contributed by atoms with Crippen molar-refractivity contribution in [3.05, 3.63) is 29.8 Å². The van der Waals surface area contributed by atoms with E-state index in [0.29, 0.717) is 30.8 Å². The molecule has 1 fully saturated rings. The van der Waals surface area contributed by atoms with E-state index in [1.165, 1.54) is 4.80 Å². The van der Waals surface area contributed by atoms with Crippen molar-refractivity contribution in [2.45, 2.75) is 18.4 Å². The van der Waals surface area contributed by atoms with E-state index in [1.807, 2.05) is 0 Å². The van der Waals surface area contributed by atoms with E-state index < -0.39 is 5.60 Å². The summed E-state index contributed by atoms with van der Waals surface area (Å²) in [5.41, 5.74) is 0.109. The fourth-order valence-corrected chi connectivity index (χ4v) is 2.76. The van der Waals surface area contributed by atoms with Gasteiger partial charge in [0, 0.05) is 17.7 Å². The van der Waals surface area contributed by atoms with Gasteiger partial charge >= 0.3 is 0 Å². The first-order valence-electron chi connectivity index (χ1n) is 7.48. The van der Waals surface area contributed by atoms with E-state index >= 15 is 0 Å². The van der Waals surface area contributed by atoms with Crippen molar-refractivity contribution in [2.75, 3.05) is 19.7 Å². The highest BCUT2D eigenvalue weighted by Crippen LogP contribution is 2.23. The summed E-state index contributed by atoms with van der Waals surface area (Å²) in [6.45, 7) is 0.387. The maximum absolute atomic E-state index is 12.5. The third-order valence-electron chi connectivity index (χ3n) is 4.04. The molecular formula is C15H19N5O3. The number of tetrazole rings is 1.